The molecule has 0 bridgehead atoms. The highest BCUT2D eigenvalue weighted by molar-refractivity contribution is 9.10. The van der Waals surface area contributed by atoms with E-state index in [4.69, 9.17) is 4.74 Å². The predicted molar refractivity (Wildman–Crippen MR) is 77.8 cm³/mol. The van der Waals surface area contributed by atoms with E-state index < -0.39 is 17.4 Å². The molecule has 0 unspecified atom stereocenters. The van der Waals surface area contributed by atoms with E-state index in [-0.39, 0.29) is 18.7 Å². The van der Waals surface area contributed by atoms with Crippen LogP contribution in [0.2, 0.25) is 0 Å². The Morgan fingerprint density at radius 2 is 1.95 bits per heavy atom. The molecule has 0 spiro atoms. The molecule has 0 saturated carbocycles. The van der Waals surface area contributed by atoms with E-state index in [1.807, 2.05) is 0 Å². The van der Waals surface area contributed by atoms with Crippen molar-refractivity contribution in [2.24, 2.45) is 0 Å². The van der Waals surface area contributed by atoms with Gasteiger partial charge in [-0.1, -0.05) is 0 Å². The molecule has 1 amide bonds. The Morgan fingerprint density at radius 3 is 2.50 bits per heavy atom. The van der Waals surface area contributed by atoms with Crippen LogP contribution in [0.4, 0.5) is 10.1 Å². The van der Waals surface area contributed by atoms with E-state index in [1.165, 1.54) is 18.2 Å². The van der Waals surface area contributed by atoms with Gasteiger partial charge in [-0.3, -0.25) is 9.59 Å². The average Bonchev–Trinajstić information content (AvgIpc) is 2.28. The Kier molecular flexibility index (Phi) is 5.68. The molecule has 6 heteroatoms. The quantitative estimate of drug-likeness (QED) is 0.847. The minimum absolute atomic E-state index is 0.00190. The molecule has 0 aliphatic heterocycles. The molecule has 1 aromatic rings. The summed E-state index contributed by atoms with van der Waals surface area (Å²) < 4.78 is 18.4. The second-order valence-electron chi connectivity index (χ2n) is 5.26. The summed E-state index contributed by atoms with van der Waals surface area (Å²) in [5.41, 5.74) is -0.103. The second-order valence-corrected chi connectivity index (χ2v) is 6.11. The lowest BCUT2D eigenvalue weighted by Crippen LogP contribution is -2.24. The van der Waals surface area contributed by atoms with Gasteiger partial charge in [0.15, 0.2) is 0 Å². The number of halogens is 2. The maximum Gasteiger partial charge on any atom is 0.306 e. The number of hydrogen-bond donors (Lipinski definition) is 1. The van der Waals surface area contributed by atoms with E-state index in [2.05, 4.69) is 21.2 Å². The van der Waals surface area contributed by atoms with Crippen molar-refractivity contribution in [3.63, 3.8) is 0 Å². The first kappa shape index (κ1) is 16.6. The van der Waals surface area contributed by atoms with Crippen molar-refractivity contribution in [1.82, 2.24) is 0 Å². The van der Waals surface area contributed by atoms with Gasteiger partial charge in [0.1, 0.15) is 11.4 Å². The molecular weight excluding hydrogens is 329 g/mol. The van der Waals surface area contributed by atoms with Crippen LogP contribution in [-0.4, -0.2) is 17.5 Å². The molecule has 0 heterocycles. The summed E-state index contributed by atoms with van der Waals surface area (Å²) in [6, 6.07) is 3.95. The summed E-state index contributed by atoms with van der Waals surface area (Å²) in [6.07, 6.45) is 0.0145. The Bertz CT molecular complexity index is 512. The van der Waals surface area contributed by atoms with Crippen LogP contribution in [0.25, 0.3) is 0 Å². The molecule has 0 aromatic heterocycles. The summed E-state index contributed by atoms with van der Waals surface area (Å²) in [6.45, 7) is 5.29. The van der Waals surface area contributed by atoms with Crippen LogP contribution in [0, 0.1) is 5.82 Å². The van der Waals surface area contributed by atoms with Gasteiger partial charge < -0.3 is 10.1 Å². The summed E-state index contributed by atoms with van der Waals surface area (Å²) in [7, 11) is 0. The monoisotopic (exact) mass is 345 g/mol. The van der Waals surface area contributed by atoms with E-state index in [1.54, 1.807) is 20.8 Å². The summed E-state index contributed by atoms with van der Waals surface area (Å²) in [5.74, 6) is -1.15. The van der Waals surface area contributed by atoms with Gasteiger partial charge in [-0.15, -0.1) is 0 Å². The van der Waals surface area contributed by atoms with Crippen molar-refractivity contribution in [1.29, 1.82) is 0 Å². The molecule has 1 aromatic carbocycles. The van der Waals surface area contributed by atoms with Crippen molar-refractivity contribution in [3.8, 4) is 0 Å². The molecule has 4 nitrogen and oxygen atoms in total. The van der Waals surface area contributed by atoms with Gasteiger partial charge in [0.05, 0.1) is 12.1 Å². The number of rotatable bonds is 4. The topological polar surface area (TPSA) is 55.4 Å². The maximum absolute atomic E-state index is 12.9. The molecule has 0 aliphatic rings. The SMILES string of the molecule is CC(C)(C)OC(=O)CCC(=O)Nc1ccc(F)cc1Br. The first-order valence-corrected chi connectivity index (χ1v) is 6.93. The average molecular weight is 346 g/mol. The first-order chi connectivity index (χ1) is 9.17. The van der Waals surface area contributed by atoms with Crippen molar-refractivity contribution in [2.45, 2.75) is 39.2 Å². The number of ether oxygens (including phenoxy) is 1. The third-order valence-electron chi connectivity index (χ3n) is 2.18. The number of carbonyl (C=O) groups is 2. The van der Waals surface area contributed by atoms with Crippen molar-refractivity contribution in [2.75, 3.05) is 5.32 Å². The molecule has 20 heavy (non-hydrogen) atoms. The molecule has 0 radical (unpaired) electrons. The van der Waals surface area contributed by atoms with Crippen molar-refractivity contribution < 1.29 is 18.7 Å². The molecule has 1 N–H and O–H groups in total. The van der Waals surface area contributed by atoms with Crippen LogP contribution in [0.3, 0.4) is 0 Å². The van der Waals surface area contributed by atoms with Gasteiger partial charge in [-0.05, 0) is 54.9 Å². The lowest BCUT2D eigenvalue weighted by atomic mass is 10.2. The third-order valence-corrected chi connectivity index (χ3v) is 2.84. The van der Waals surface area contributed by atoms with Crippen LogP contribution < -0.4 is 5.32 Å². The lowest BCUT2D eigenvalue weighted by Gasteiger charge is -2.19. The number of esters is 1. The standard InChI is InChI=1S/C14H17BrFNO3/c1-14(2,3)20-13(19)7-6-12(18)17-11-5-4-9(16)8-10(11)15/h4-5,8H,6-7H2,1-3H3,(H,17,18). The molecule has 110 valence electrons. The van der Waals surface area contributed by atoms with Crippen molar-refractivity contribution in [3.05, 3.63) is 28.5 Å². The van der Waals surface area contributed by atoms with E-state index in [0.29, 0.717) is 10.2 Å². The Balaban J connectivity index is 2.46. The van der Waals surface area contributed by atoms with Gasteiger partial charge in [-0.25, -0.2) is 4.39 Å². The zero-order chi connectivity index (χ0) is 15.3. The highest BCUT2D eigenvalue weighted by Crippen LogP contribution is 2.23. The van der Waals surface area contributed by atoms with Crippen LogP contribution in [0.1, 0.15) is 33.6 Å². The molecule has 0 atom stereocenters. The van der Waals surface area contributed by atoms with Gasteiger partial charge in [-0.2, -0.15) is 0 Å². The fourth-order valence-electron chi connectivity index (χ4n) is 1.41. The Morgan fingerprint density at radius 1 is 1.30 bits per heavy atom. The number of amides is 1. The van der Waals surface area contributed by atoms with Gasteiger partial charge in [0.25, 0.3) is 0 Å². The van der Waals surface area contributed by atoms with Gasteiger partial charge in [0, 0.05) is 10.9 Å². The Hall–Kier alpha value is -1.43. The highest BCUT2D eigenvalue weighted by atomic mass is 79.9. The third kappa shape index (κ3) is 6.14. The Labute approximate surface area is 125 Å². The van der Waals surface area contributed by atoms with Crippen LogP contribution in [0.15, 0.2) is 22.7 Å². The number of carbonyl (C=O) groups excluding carboxylic acids is 2. The van der Waals surface area contributed by atoms with Crippen LogP contribution >= 0.6 is 15.9 Å². The minimum atomic E-state index is -0.562. The fourth-order valence-corrected chi connectivity index (χ4v) is 1.86. The van der Waals surface area contributed by atoms with Crippen molar-refractivity contribution >= 4 is 33.5 Å². The predicted octanol–water partition coefficient (Wildman–Crippen LogP) is 3.65. The van der Waals surface area contributed by atoms with E-state index in [0.717, 1.165) is 0 Å². The zero-order valence-corrected chi connectivity index (χ0v) is 13.2. The molecule has 0 fully saturated rings. The van der Waals surface area contributed by atoms with E-state index in [9.17, 15) is 14.0 Å². The molecular formula is C14H17BrFNO3. The molecule has 0 saturated heterocycles. The number of benzene rings is 1. The second kappa shape index (κ2) is 6.83. The molecule has 1 rings (SSSR count). The van der Waals surface area contributed by atoms with Gasteiger partial charge in [0.2, 0.25) is 5.91 Å². The minimum Gasteiger partial charge on any atom is -0.460 e. The number of anilines is 1. The lowest BCUT2D eigenvalue weighted by molar-refractivity contribution is -0.155. The smallest absolute Gasteiger partial charge is 0.306 e. The zero-order valence-electron chi connectivity index (χ0n) is 11.6. The number of hydrogen-bond acceptors (Lipinski definition) is 3. The normalized spacial score (nSPS) is 11.1. The maximum atomic E-state index is 12.9. The molecule has 0 aliphatic carbocycles. The van der Waals surface area contributed by atoms with Crippen LogP contribution in [-0.2, 0) is 14.3 Å². The van der Waals surface area contributed by atoms with E-state index >= 15 is 0 Å². The first-order valence-electron chi connectivity index (χ1n) is 6.14. The van der Waals surface area contributed by atoms with Gasteiger partial charge >= 0.3 is 5.97 Å². The van der Waals surface area contributed by atoms with Crippen LogP contribution in [0.5, 0.6) is 0 Å². The summed E-state index contributed by atoms with van der Waals surface area (Å²) in [4.78, 5) is 23.2. The highest BCUT2D eigenvalue weighted by Gasteiger charge is 2.17. The summed E-state index contributed by atoms with van der Waals surface area (Å²) >= 11 is 3.15. The summed E-state index contributed by atoms with van der Waals surface area (Å²) in [5, 5.41) is 2.60. The fraction of sp³-hybridized carbons (Fsp3) is 0.429. The number of nitrogens with one attached hydrogen (secondary N) is 1. The largest absolute Gasteiger partial charge is 0.460 e.